The molecule has 4 fully saturated rings. The summed E-state index contributed by atoms with van der Waals surface area (Å²) in [6.07, 6.45) is 4.24. The molecule has 88 heavy (non-hydrogen) atoms. The minimum absolute atomic E-state index is 0.0325. The molecule has 20 nitrogen and oxygen atoms in total. The Hall–Kier alpha value is -4.84. The number of hydrogen-bond donors (Lipinski definition) is 5. The first kappa shape index (κ1) is 72.2. The van der Waals surface area contributed by atoms with Crippen LogP contribution in [-0.4, -0.2) is 186 Å². The number of ether oxygens (including phenoxy) is 8. The van der Waals surface area contributed by atoms with Gasteiger partial charge in [-0.25, -0.2) is 4.79 Å². The van der Waals surface area contributed by atoms with Crippen LogP contribution in [0.3, 0.4) is 0 Å². The Kier molecular flexibility index (Phi) is 27.9. The second kappa shape index (κ2) is 34.0. The summed E-state index contributed by atoms with van der Waals surface area (Å²) >= 11 is 0. The molecule has 5 N–H and O–H groups in total. The molecule has 492 valence electrons. The largest absolute Gasteiger partial charge is 0.460 e. The van der Waals surface area contributed by atoms with Crippen LogP contribution in [0.2, 0.25) is 0 Å². The number of carbonyl (C=O) groups excluding carboxylic acids is 6. The van der Waals surface area contributed by atoms with Crippen LogP contribution < -0.4 is 0 Å². The van der Waals surface area contributed by atoms with Gasteiger partial charge in [0, 0.05) is 58.5 Å². The summed E-state index contributed by atoms with van der Waals surface area (Å²) in [4.78, 5) is 89.4. The summed E-state index contributed by atoms with van der Waals surface area (Å²) in [7, 11) is 4.46. The Balaban J connectivity index is 1.37. The Labute approximate surface area is 520 Å². The Morgan fingerprint density at radius 1 is 0.795 bits per heavy atom. The van der Waals surface area contributed by atoms with E-state index in [-0.39, 0.29) is 62.4 Å². The SMILES string of the molecule is CO[C@H]1C[C@@H]2CC[C@@H](C)[C@@](O)(O2)C(=O)C(=O)N2CCCC[C@H]2C(=O)OC([C@H](C)C[C@@H]2CC[C@@H](O)[C@H](OC)C2)CC(=O)[C@H](C)/C=C(\C)[C@@H](OC(=O)[C@@H](C)[C@H](CO[C@H]2OC[C@@H](O)[C@@H](O)[C@H]2O)Cc2ccccc2)[C@@H](OC)C(=O)[C@H](C)C[C@H](C)/C=C/C=CC=C1C. The van der Waals surface area contributed by atoms with Gasteiger partial charge in [0.05, 0.1) is 43.5 Å². The molecule has 2 bridgehead atoms. The van der Waals surface area contributed by atoms with Crippen molar-refractivity contribution in [2.24, 2.45) is 47.3 Å². The van der Waals surface area contributed by atoms with Crippen LogP contribution in [0.5, 0.6) is 0 Å². The zero-order valence-electron chi connectivity index (χ0n) is 53.6. The van der Waals surface area contributed by atoms with Gasteiger partial charge in [-0.1, -0.05) is 108 Å². The zero-order valence-corrected chi connectivity index (χ0v) is 53.6. The highest BCUT2D eigenvalue weighted by Crippen LogP contribution is 2.38. The number of fused-ring (bicyclic) bond motifs is 3. The number of methoxy groups -OCH3 is 3. The second-order valence-corrected chi connectivity index (χ2v) is 25.8. The van der Waals surface area contributed by atoms with E-state index in [0.29, 0.717) is 69.8 Å². The smallest absolute Gasteiger partial charge is 0.329 e. The molecule has 1 saturated carbocycles. The molecule has 0 aromatic heterocycles. The van der Waals surface area contributed by atoms with Crippen LogP contribution in [0.1, 0.15) is 138 Å². The van der Waals surface area contributed by atoms with Crippen LogP contribution >= 0.6 is 0 Å². The maximum atomic E-state index is 14.9. The van der Waals surface area contributed by atoms with Crippen molar-refractivity contribution in [3.8, 4) is 0 Å². The molecule has 1 aromatic carbocycles. The summed E-state index contributed by atoms with van der Waals surface area (Å²) < 4.78 is 48.2. The number of carbonyl (C=O) groups is 6. The molecule has 4 aliphatic heterocycles. The predicted molar refractivity (Wildman–Crippen MR) is 326 cm³/mol. The molecular formula is C68H101NO19. The van der Waals surface area contributed by atoms with Crippen LogP contribution in [0.4, 0.5) is 0 Å². The van der Waals surface area contributed by atoms with Crippen LogP contribution in [0.15, 0.2) is 77.9 Å². The number of cyclic esters (lactones) is 1. The molecule has 4 heterocycles. The van der Waals surface area contributed by atoms with Gasteiger partial charge in [-0.2, -0.15) is 0 Å². The number of piperidine rings is 1. The number of rotatable bonds is 14. The van der Waals surface area contributed by atoms with Crippen molar-refractivity contribution >= 4 is 35.2 Å². The minimum atomic E-state index is -2.49. The van der Waals surface area contributed by atoms with Gasteiger partial charge in [0.25, 0.3) is 11.7 Å². The lowest BCUT2D eigenvalue weighted by Gasteiger charge is -2.42. The molecule has 0 spiro atoms. The highest BCUT2D eigenvalue weighted by molar-refractivity contribution is 6.39. The summed E-state index contributed by atoms with van der Waals surface area (Å²) in [5.41, 5.74) is 2.02. The molecule has 1 amide bonds. The minimum Gasteiger partial charge on any atom is -0.460 e. The first-order valence-corrected chi connectivity index (χ1v) is 31.8. The third kappa shape index (κ3) is 19.1. The third-order valence-electron chi connectivity index (χ3n) is 19.0. The van der Waals surface area contributed by atoms with E-state index in [1.165, 1.54) is 12.0 Å². The molecule has 1 aromatic rings. The highest BCUT2D eigenvalue weighted by Gasteiger charge is 2.53. The molecule has 21 atom stereocenters. The van der Waals surface area contributed by atoms with E-state index in [1.807, 2.05) is 81.5 Å². The number of nitrogens with zero attached hydrogens (tertiary/aromatic N) is 1. The van der Waals surface area contributed by atoms with Gasteiger partial charge in [0.2, 0.25) is 5.79 Å². The van der Waals surface area contributed by atoms with Crippen molar-refractivity contribution in [3.05, 3.63) is 83.5 Å². The van der Waals surface area contributed by atoms with Crippen molar-refractivity contribution in [1.29, 1.82) is 0 Å². The monoisotopic (exact) mass is 1240 g/mol. The highest BCUT2D eigenvalue weighted by atomic mass is 16.7. The number of aliphatic hydroxyl groups excluding tert-OH is 4. The predicted octanol–water partition coefficient (Wildman–Crippen LogP) is 6.68. The molecule has 5 aliphatic rings. The second-order valence-electron chi connectivity index (χ2n) is 25.8. The number of hydrogen-bond acceptors (Lipinski definition) is 19. The number of ketones is 3. The normalized spacial score (nSPS) is 37.1. The van der Waals surface area contributed by atoms with E-state index in [0.717, 1.165) is 11.1 Å². The van der Waals surface area contributed by atoms with Crippen molar-refractivity contribution < 1.29 is 92.2 Å². The first-order valence-electron chi connectivity index (χ1n) is 31.8. The lowest BCUT2D eigenvalue weighted by molar-refractivity contribution is -0.273. The molecule has 0 radical (unpaired) electrons. The maximum absolute atomic E-state index is 14.9. The maximum Gasteiger partial charge on any atom is 0.329 e. The van der Waals surface area contributed by atoms with Crippen LogP contribution in [0.25, 0.3) is 0 Å². The Bertz CT molecular complexity index is 2590. The fourth-order valence-corrected chi connectivity index (χ4v) is 13.1. The molecule has 1 aliphatic carbocycles. The Morgan fingerprint density at radius 3 is 2.22 bits per heavy atom. The average molecular weight is 1240 g/mol. The lowest BCUT2D eigenvalue weighted by Crippen LogP contribution is -2.61. The van der Waals surface area contributed by atoms with E-state index in [9.17, 15) is 54.3 Å². The first-order chi connectivity index (χ1) is 41.8. The van der Waals surface area contributed by atoms with Crippen molar-refractivity contribution in [2.75, 3.05) is 41.1 Å². The van der Waals surface area contributed by atoms with Crippen molar-refractivity contribution in [3.63, 3.8) is 0 Å². The number of amides is 1. The molecular weight excluding hydrogens is 1130 g/mol. The van der Waals surface area contributed by atoms with E-state index in [1.54, 1.807) is 54.9 Å². The van der Waals surface area contributed by atoms with Crippen molar-refractivity contribution in [2.45, 2.75) is 218 Å². The summed E-state index contributed by atoms with van der Waals surface area (Å²) in [5, 5.41) is 54.1. The zero-order chi connectivity index (χ0) is 64.6. The molecule has 3 saturated heterocycles. The van der Waals surface area contributed by atoms with E-state index in [4.69, 9.17) is 37.9 Å². The molecule has 6 rings (SSSR count). The van der Waals surface area contributed by atoms with Gasteiger partial charge >= 0.3 is 11.9 Å². The summed E-state index contributed by atoms with van der Waals surface area (Å²) in [5.74, 6) is -11.4. The molecule has 1 unspecified atom stereocenters. The van der Waals surface area contributed by atoms with E-state index in [2.05, 4.69) is 0 Å². The summed E-state index contributed by atoms with van der Waals surface area (Å²) in [6.45, 7) is 13.8. The van der Waals surface area contributed by atoms with Gasteiger partial charge in [0.15, 0.2) is 24.3 Å². The van der Waals surface area contributed by atoms with Gasteiger partial charge in [-0.15, -0.1) is 0 Å². The quantitative estimate of drug-likeness (QED) is 0.0737. The van der Waals surface area contributed by atoms with Crippen molar-refractivity contribution in [1.82, 2.24) is 4.90 Å². The lowest BCUT2D eigenvalue weighted by atomic mass is 9.78. The topological polar surface area (TPSA) is 281 Å². The fraction of sp³-hybridized carbons (Fsp3) is 0.706. The van der Waals surface area contributed by atoms with Crippen LogP contribution in [-0.2, 0) is 73.1 Å². The number of esters is 2. The number of allylic oxidation sites excluding steroid dienone is 6. The van der Waals surface area contributed by atoms with Gasteiger partial charge in [-0.05, 0) is 125 Å². The van der Waals surface area contributed by atoms with Gasteiger partial charge in [-0.3, -0.25) is 24.0 Å². The van der Waals surface area contributed by atoms with Gasteiger partial charge in [0.1, 0.15) is 36.2 Å². The third-order valence-corrected chi connectivity index (χ3v) is 19.0. The van der Waals surface area contributed by atoms with E-state index >= 15 is 0 Å². The summed E-state index contributed by atoms with van der Waals surface area (Å²) in [6, 6.07) is 8.12. The van der Waals surface area contributed by atoms with E-state index < -0.39 is 138 Å². The number of benzene rings is 1. The van der Waals surface area contributed by atoms with Gasteiger partial charge < -0.3 is 68.3 Å². The number of Topliss-reactive ketones (excluding diaryl/α,β-unsaturated/α-hetero) is 3. The number of aliphatic hydroxyl groups is 5. The standard InChI is InChI=1S/C68H101NO19/c1-39-20-14-12-15-21-40(2)55(81-9)35-50-27-25-45(7)68(80,88-50)63(76)64(77)69-29-19-18-24-51(69)66(79)86-56(42(4)32-48-26-28-52(70)57(34-48)82-10)36-53(71)41(3)31-44(6)61(62(83-11)58(73)43(5)30-39)87-65(78)46(8)49(33-47-22-16-13-17-23-47)37-84-67-60(75)59(74)54(72)38-85-67/h12-17,20-23,31,39,41-43,45-46,48-52,54-57,59-62,67,70,72,74-75,80H,18-19,24-30,32-38H2,1-11H3/b15-12?,20-14+,40-21?,44-31+/t39-,41-,42-,43-,45-,46+,48+,49+,50+,51+,52-,54-,55+,56?,57-,59-,60-,61-,62+,67+,68-/m1/s1. The Morgan fingerprint density at radius 2 is 1.52 bits per heavy atom. The molecule has 20 heteroatoms. The fourth-order valence-electron chi connectivity index (χ4n) is 13.1. The van der Waals surface area contributed by atoms with Crippen LogP contribution in [0, 0.1) is 47.3 Å². The average Bonchev–Trinajstić information content (AvgIpc) is 1.69.